The molecule has 1 aromatic carbocycles. The molecule has 0 saturated heterocycles. The summed E-state index contributed by atoms with van der Waals surface area (Å²) in [5.74, 6) is 0.595. The highest BCUT2D eigenvalue weighted by atomic mass is 79.9. The molecule has 7 heteroatoms. The Balaban J connectivity index is 2.22. The zero-order chi connectivity index (χ0) is 13.6. The van der Waals surface area contributed by atoms with Crippen molar-refractivity contribution >= 4 is 35.7 Å². The molecule has 102 valence electrons. The molecule has 0 aliphatic heterocycles. The minimum absolute atomic E-state index is 0.0779. The van der Waals surface area contributed by atoms with E-state index in [-0.39, 0.29) is 12.4 Å². The Morgan fingerprint density at radius 1 is 1.28 bits per heavy atom. The summed E-state index contributed by atoms with van der Waals surface area (Å²) < 4.78 is 32.8. The minimum Gasteiger partial charge on any atom is -0.491 e. The van der Waals surface area contributed by atoms with Crippen molar-refractivity contribution in [2.24, 2.45) is 0 Å². The molecule has 0 fully saturated rings. The second-order valence-electron chi connectivity index (χ2n) is 3.61. The van der Waals surface area contributed by atoms with E-state index in [0.717, 1.165) is 15.8 Å². The first-order valence-corrected chi connectivity index (χ1v) is 8.54. The maximum absolute atomic E-state index is 10.6. The molecule has 0 saturated carbocycles. The molecule has 1 aromatic rings. The molecule has 0 aliphatic rings. The third kappa shape index (κ3) is 6.58. The summed E-state index contributed by atoms with van der Waals surface area (Å²) in [4.78, 5) is 0. The highest BCUT2D eigenvalue weighted by Crippen LogP contribution is 2.21. The zero-order valence-electron chi connectivity index (χ0n) is 9.86. The number of benzene rings is 1. The summed E-state index contributed by atoms with van der Waals surface area (Å²) in [7, 11) is 1.56. The maximum atomic E-state index is 10.6. The fourth-order valence-electron chi connectivity index (χ4n) is 1.25. The van der Waals surface area contributed by atoms with Crippen LogP contribution in [-0.4, -0.2) is 34.0 Å². The molecule has 0 aromatic heterocycles. The van der Waals surface area contributed by atoms with E-state index in [0.29, 0.717) is 13.2 Å². The van der Waals surface area contributed by atoms with Crippen LogP contribution in [0.5, 0.6) is 5.75 Å². The lowest BCUT2D eigenvalue weighted by molar-refractivity contribution is 0.111. The Kier molecular flexibility index (Phi) is 6.42. The third-order valence-corrected chi connectivity index (χ3v) is 3.70. The van der Waals surface area contributed by atoms with Gasteiger partial charge in [-0.2, -0.15) is 0 Å². The Morgan fingerprint density at radius 2 is 2.00 bits per heavy atom. The predicted molar refractivity (Wildman–Crippen MR) is 74.8 cm³/mol. The van der Waals surface area contributed by atoms with Gasteiger partial charge in [0.25, 0.3) is 0 Å². The average molecular weight is 358 g/mol. The summed E-state index contributed by atoms with van der Waals surface area (Å²) in [6, 6.07) is 5.71. The molecule has 0 radical (unpaired) electrons. The van der Waals surface area contributed by atoms with Crippen LogP contribution in [0.15, 0.2) is 22.7 Å². The van der Waals surface area contributed by atoms with Crippen LogP contribution in [0, 0.1) is 6.92 Å². The fraction of sp³-hybridized carbons (Fsp3) is 0.455. The lowest BCUT2D eigenvalue weighted by Crippen LogP contribution is -2.12. The molecule has 0 N–H and O–H groups in total. The van der Waals surface area contributed by atoms with Crippen molar-refractivity contribution in [3.63, 3.8) is 0 Å². The highest BCUT2D eigenvalue weighted by molar-refractivity contribution is 9.10. The van der Waals surface area contributed by atoms with Crippen molar-refractivity contribution in [2.45, 2.75) is 6.92 Å². The van der Waals surface area contributed by atoms with Gasteiger partial charge in [0, 0.05) is 15.2 Å². The van der Waals surface area contributed by atoms with Crippen molar-refractivity contribution in [3.8, 4) is 5.75 Å². The first-order valence-electron chi connectivity index (χ1n) is 5.27. The monoisotopic (exact) mass is 356 g/mol. The van der Waals surface area contributed by atoms with Gasteiger partial charge in [-0.15, -0.1) is 0 Å². The highest BCUT2D eigenvalue weighted by Gasteiger charge is 2.04. The molecule has 0 aliphatic carbocycles. The van der Waals surface area contributed by atoms with Gasteiger partial charge in [0.05, 0.1) is 19.0 Å². The number of halogens is 2. The standard InChI is InChI=1S/C11H14BrClO4S/c1-9-8-10(12)2-3-11(9)17-5-4-16-6-7-18(13,14)15/h2-3,8H,4-7H2,1H3. The zero-order valence-corrected chi connectivity index (χ0v) is 13.0. The Bertz CT molecular complexity index is 490. The predicted octanol–water partition coefficient (Wildman–Crippen LogP) is 2.72. The van der Waals surface area contributed by atoms with Crippen LogP contribution in [0.1, 0.15) is 5.56 Å². The second kappa shape index (κ2) is 7.33. The molecule has 18 heavy (non-hydrogen) atoms. The van der Waals surface area contributed by atoms with Crippen LogP contribution < -0.4 is 4.74 Å². The molecule has 1 rings (SSSR count). The van der Waals surface area contributed by atoms with E-state index in [1.165, 1.54) is 0 Å². The van der Waals surface area contributed by atoms with E-state index in [1.807, 2.05) is 25.1 Å². The summed E-state index contributed by atoms with van der Waals surface area (Å²) in [5.41, 5.74) is 1.02. The summed E-state index contributed by atoms with van der Waals surface area (Å²) >= 11 is 3.37. The van der Waals surface area contributed by atoms with Crippen LogP contribution in [0.3, 0.4) is 0 Å². The van der Waals surface area contributed by atoms with Gasteiger partial charge in [0.2, 0.25) is 9.05 Å². The second-order valence-corrected chi connectivity index (χ2v) is 7.43. The van der Waals surface area contributed by atoms with Crippen molar-refractivity contribution in [3.05, 3.63) is 28.2 Å². The van der Waals surface area contributed by atoms with Crippen LogP contribution in [0.2, 0.25) is 0 Å². The van der Waals surface area contributed by atoms with Gasteiger partial charge >= 0.3 is 0 Å². The molecular formula is C11H14BrClO4S. The Hall–Kier alpha value is -0.300. The summed E-state index contributed by atoms with van der Waals surface area (Å²) in [6.07, 6.45) is 0. The van der Waals surface area contributed by atoms with Gasteiger partial charge in [0.1, 0.15) is 12.4 Å². The summed E-state index contributed by atoms with van der Waals surface area (Å²) in [5, 5.41) is 0. The van der Waals surface area contributed by atoms with Gasteiger partial charge in [-0.1, -0.05) is 15.9 Å². The molecule has 4 nitrogen and oxygen atoms in total. The van der Waals surface area contributed by atoms with Crippen molar-refractivity contribution in [1.82, 2.24) is 0 Å². The molecule has 0 unspecified atom stereocenters. The van der Waals surface area contributed by atoms with E-state index < -0.39 is 9.05 Å². The lowest BCUT2D eigenvalue weighted by Gasteiger charge is -2.09. The lowest BCUT2D eigenvalue weighted by atomic mass is 10.2. The van der Waals surface area contributed by atoms with Gasteiger partial charge in [-0.05, 0) is 30.7 Å². The fourth-order valence-corrected chi connectivity index (χ4v) is 2.23. The van der Waals surface area contributed by atoms with Crippen LogP contribution in [0.25, 0.3) is 0 Å². The molecular weight excluding hydrogens is 344 g/mol. The SMILES string of the molecule is Cc1cc(Br)ccc1OCCOCCS(=O)(=O)Cl. The first-order chi connectivity index (χ1) is 8.38. The van der Waals surface area contributed by atoms with Crippen LogP contribution >= 0.6 is 26.6 Å². The van der Waals surface area contributed by atoms with Gasteiger partial charge < -0.3 is 9.47 Å². The number of rotatable bonds is 7. The van der Waals surface area contributed by atoms with Crippen LogP contribution in [0.4, 0.5) is 0 Å². The molecule has 0 amide bonds. The normalized spacial score (nSPS) is 11.5. The average Bonchev–Trinajstić information content (AvgIpc) is 2.24. The van der Waals surface area contributed by atoms with E-state index in [4.69, 9.17) is 20.2 Å². The van der Waals surface area contributed by atoms with E-state index >= 15 is 0 Å². The van der Waals surface area contributed by atoms with Crippen molar-refractivity contribution in [1.29, 1.82) is 0 Å². The van der Waals surface area contributed by atoms with Crippen LogP contribution in [-0.2, 0) is 13.8 Å². The quantitative estimate of drug-likeness (QED) is 0.556. The van der Waals surface area contributed by atoms with Gasteiger partial charge in [-0.3, -0.25) is 0 Å². The molecule has 0 spiro atoms. The number of hydrogen-bond donors (Lipinski definition) is 0. The first kappa shape index (κ1) is 15.8. The smallest absolute Gasteiger partial charge is 0.234 e. The van der Waals surface area contributed by atoms with Gasteiger partial charge in [0.15, 0.2) is 0 Å². The van der Waals surface area contributed by atoms with E-state index in [9.17, 15) is 8.42 Å². The molecule has 0 atom stereocenters. The minimum atomic E-state index is -3.47. The van der Waals surface area contributed by atoms with Gasteiger partial charge in [-0.25, -0.2) is 8.42 Å². The van der Waals surface area contributed by atoms with E-state index in [1.54, 1.807) is 0 Å². The van der Waals surface area contributed by atoms with E-state index in [2.05, 4.69) is 15.9 Å². The largest absolute Gasteiger partial charge is 0.491 e. The molecule has 0 heterocycles. The number of aryl methyl sites for hydroxylation is 1. The van der Waals surface area contributed by atoms with Crippen molar-refractivity contribution in [2.75, 3.05) is 25.6 Å². The topological polar surface area (TPSA) is 52.6 Å². The Morgan fingerprint density at radius 3 is 2.61 bits per heavy atom. The number of ether oxygens (including phenoxy) is 2. The van der Waals surface area contributed by atoms with Crippen molar-refractivity contribution < 1.29 is 17.9 Å². The summed E-state index contributed by atoms with van der Waals surface area (Å²) in [6.45, 7) is 2.71. The number of hydrogen-bond acceptors (Lipinski definition) is 4. The Labute approximate surface area is 120 Å². The third-order valence-electron chi connectivity index (χ3n) is 2.09. The molecule has 0 bridgehead atoms. The maximum Gasteiger partial charge on any atom is 0.234 e.